The molecular weight excluding hydrogens is 390 g/mol. The van der Waals surface area contributed by atoms with E-state index in [9.17, 15) is 0 Å². The van der Waals surface area contributed by atoms with Gasteiger partial charge >= 0.3 is 0 Å². The number of hydrogen-bond acceptors (Lipinski definition) is 3. The number of nitrogens with one attached hydrogen (secondary N) is 1. The van der Waals surface area contributed by atoms with Crippen molar-refractivity contribution in [3.63, 3.8) is 0 Å². The highest BCUT2D eigenvalue weighted by atomic mass is 35.5. The van der Waals surface area contributed by atoms with Crippen LogP contribution >= 0.6 is 11.6 Å². The topological polar surface area (TPSA) is 50.9 Å². The molecular formula is C26H36ClN3. The minimum atomic E-state index is 0.598. The Morgan fingerprint density at radius 3 is 2.63 bits per heavy atom. The predicted molar refractivity (Wildman–Crippen MR) is 130 cm³/mol. The van der Waals surface area contributed by atoms with Crippen LogP contribution in [0.4, 0.5) is 5.69 Å². The number of pyridine rings is 1. The normalized spacial score (nSPS) is 20.2. The number of unbranched alkanes of at least 4 members (excludes halogenated alkanes) is 6. The van der Waals surface area contributed by atoms with Gasteiger partial charge < -0.3 is 11.1 Å². The number of halogens is 1. The van der Waals surface area contributed by atoms with Crippen LogP contribution in [0.25, 0.3) is 10.9 Å². The molecule has 3 N–H and O–H groups in total. The summed E-state index contributed by atoms with van der Waals surface area (Å²) < 4.78 is 0. The number of allylic oxidation sites excluding steroid dienone is 2. The van der Waals surface area contributed by atoms with E-state index in [1.807, 2.05) is 12.1 Å². The van der Waals surface area contributed by atoms with Gasteiger partial charge in [0.25, 0.3) is 0 Å². The van der Waals surface area contributed by atoms with E-state index >= 15 is 0 Å². The maximum Gasteiger partial charge on any atom is 0.0741 e. The Hall–Kier alpha value is -1.58. The number of hydrogen-bond donors (Lipinski definition) is 2. The third kappa shape index (κ3) is 5.00. The summed E-state index contributed by atoms with van der Waals surface area (Å²) in [7, 11) is 0. The molecule has 0 aliphatic heterocycles. The molecule has 0 saturated carbocycles. The molecule has 0 amide bonds. The average molecular weight is 426 g/mol. The number of fused-ring (bicyclic) bond motifs is 5. The van der Waals surface area contributed by atoms with E-state index in [0.29, 0.717) is 11.8 Å². The van der Waals surface area contributed by atoms with Crippen molar-refractivity contribution in [1.82, 2.24) is 4.98 Å². The summed E-state index contributed by atoms with van der Waals surface area (Å²) >= 11 is 6.30. The van der Waals surface area contributed by atoms with Crippen LogP contribution in [0.3, 0.4) is 0 Å². The summed E-state index contributed by atoms with van der Waals surface area (Å²) in [6.07, 6.45) is 14.9. The van der Waals surface area contributed by atoms with Crippen LogP contribution in [0, 0.1) is 5.92 Å². The second-order valence-electron chi connectivity index (χ2n) is 9.31. The molecule has 0 spiro atoms. The third-order valence-corrected chi connectivity index (χ3v) is 7.02. The molecule has 0 fully saturated rings. The lowest BCUT2D eigenvalue weighted by Crippen LogP contribution is -2.24. The Balaban J connectivity index is 1.47. The fraction of sp³-hybridized carbons (Fsp3) is 0.577. The number of anilines is 1. The molecule has 2 aliphatic rings. The lowest BCUT2D eigenvalue weighted by molar-refractivity contribution is 0.433. The van der Waals surface area contributed by atoms with E-state index in [1.54, 1.807) is 5.57 Å². The standard InChI is InChI=1S/C26H36ClN3/c1-18-13-19-15-20(14-18)25-24(16-19)30-23-17-21(27)9-10-22(23)26(25)29-12-8-6-4-2-3-5-7-11-28/h9-10,13,17,19-20H,2-8,11-12,14-16,28H2,1H3,(H,29,30)/t19-,20+/m0/s1. The third-order valence-electron chi connectivity index (χ3n) is 6.79. The molecule has 0 unspecified atom stereocenters. The first-order chi connectivity index (χ1) is 14.7. The molecule has 0 radical (unpaired) electrons. The van der Waals surface area contributed by atoms with Gasteiger partial charge in [-0.15, -0.1) is 0 Å². The van der Waals surface area contributed by atoms with Crippen LogP contribution < -0.4 is 11.1 Å². The molecule has 3 nitrogen and oxygen atoms in total. The molecule has 0 saturated heterocycles. The summed E-state index contributed by atoms with van der Waals surface area (Å²) in [6.45, 7) is 4.15. The van der Waals surface area contributed by atoms with Crippen LogP contribution in [-0.4, -0.2) is 18.1 Å². The molecule has 2 atom stereocenters. The Bertz CT molecular complexity index is 905. The zero-order valence-corrected chi connectivity index (χ0v) is 19.1. The monoisotopic (exact) mass is 425 g/mol. The van der Waals surface area contributed by atoms with Crippen LogP contribution in [0.1, 0.15) is 81.9 Å². The van der Waals surface area contributed by atoms with Gasteiger partial charge in [0, 0.05) is 33.9 Å². The number of nitrogens with two attached hydrogens (primary N) is 1. The van der Waals surface area contributed by atoms with Crippen LogP contribution in [-0.2, 0) is 6.42 Å². The van der Waals surface area contributed by atoms with Crippen molar-refractivity contribution in [1.29, 1.82) is 0 Å². The van der Waals surface area contributed by atoms with Crippen molar-refractivity contribution in [2.45, 2.75) is 77.0 Å². The quantitative estimate of drug-likeness (QED) is 0.318. The smallest absolute Gasteiger partial charge is 0.0741 e. The molecule has 2 bridgehead atoms. The zero-order chi connectivity index (χ0) is 20.9. The molecule has 1 heterocycles. The zero-order valence-electron chi connectivity index (χ0n) is 18.4. The largest absolute Gasteiger partial charge is 0.384 e. The summed E-state index contributed by atoms with van der Waals surface area (Å²) in [5, 5.41) is 5.84. The Morgan fingerprint density at radius 1 is 1.07 bits per heavy atom. The first-order valence-corrected chi connectivity index (χ1v) is 12.3. The number of aromatic nitrogens is 1. The van der Waals surface area contributed by atoms with Crippen LogP contribution in [0.5, 0.6) is 0 Å². The summed E-state index contributed by atoms with van der Waals surface area (Å²) in [5.74, 6) is 1.24. The maximum atomic E-state index is 6.30. The second kappa shape index (κ2) is 10.2. The maximum absolute atomic E-state index is 6.30. The van der Waals surface area contributed by atoms with Crippen molar-refractivity contribution in [3.8, 4) is 0 Å². The van der Waals surface area contributed by atoms with E-state index in [1.165, 1.54) is 80.1 Å². The van der Waals surface area contributed by atoms with Crippen molar-refractivity contribution < 1.29 is 0 Å². The van der Waals surface area contributed by atoms with Crippen molar-refractivity contribution in [3.05, 3.63) is 46.1 Å². The lowest BCUT2D eigenvalue weighted by atomic mass is 9.71. The Labute approximate surface area is 186 Å². The van der Waals surface area contributed by atoms with E-state index in [-0.39, 0.29) is 0 Å². The van der Waals surface area contributed by atoms with Crippen molar-refractivity contribution in [2.24, 2.45) is 11.7 Å². The van der Waals surface area contributed by atoms with Crippen LogP contribution in [0.15, 0.2) is 29.8 Å². The summed E-state index contributed by atoms with van der Waals surface area (Å²) in [4.78, 5) is 5.08. The minimum Gasteiger partial charge on any atom is -0.384 e. The first-order valence-electron chi connectivity index (χ1n) is 11.9. The fourth-order valence-corrected chi connectivity index (χ4v) is 5.61. The molecule has 1 aromatic heterocycles. The van der Waals surface area contributed by atoms with Gasteiger partial charge in [-0.05, 0) is 75.6 Å². The fourth-order valence-electron chi connectivity index (χ4n) is 5.44. The molecule has 2 aromatic rings. The average Bonchev–Trinajstić information content (AvgIpc) is 2.71. The minimum absolute atomic E-state index is 0.598. The Morgan fingerprint density at radius 2 is 1.83 bits per heavy atom. The highest BCUT2D eigenvalue weighted by Crippen LogP contribution is 2.47. The van der Waals surface area contributed by atoms with Crippen molar-refractivity contribution >= 4 is 28.2 Å². The SMILES string of the molecule is CC1=C[C@@H]2Cc3nc4cc(Cl)ccc4c(NCCCCCCCCCN)c3[C@H](C1)C2. The van der Waals surface area contributed by atoms with Gasteiger partial charge in [0.05, 0.1) is 5.52 Å². The van der Waals surface area contributed by atoms with E-state index in [4.69, 9.17) is 22.3 Å². The van der Waals surface area contributed by atoms with Gasteiger partial charge in [0.1, 0.15) is 0 Å². The summed E-state index contributed by atoms with van der Waals surface area (Å²) in [5.41, 5.74) is 12.2. The number of nitrogens with zero attached hydrogens (tertiary/aromatic N) is 1. The lowest BCUT2D eigenvalue weighted by Gasteiger charge is -2.36. The molecule has 4 rings (SSSR count). The second-order valence-corrected chi connectivity index (χ2v) is 9.75. The van der Waals surface area contributed by atoms with Gasteiger partial charge in [-0.2, -0.15) is 0 Å². The Kier molecular flexibility index (Phi) is 7.32. The molecule has 4 heteroatoms. The van der Waals surface area contributed by atoms with Gasteiger partial charge in [-0.3, -0.25) is 4.98 Å². The molecule has 30 heavy (non-hydrogen) atoms. The molecule has 1 aromatic carbocycles. The van der Waals surface area contributed by atoms with Gasteiger partial charge in [-0.25, -0.2) is 0 Å². The molecule has 2 aliphatic carbocycles. The summed E-state index contributed by atoms with van der Waals surface area (Å²) in [6, 6.07) is 6.18. The van der Waals surface area contributed by atoms with Gasteiger partial charge in [0.2, 0.25) is 0 Å². The van der Waals surface area contributed by atoms with Crippen molar-refractivity contribution in [2.75, 3.05) is 18.4 Å². The van der Waals surface area contributed by atoms with E-state index in [0.717, 1.165) is 30.0 Å². The van der Waals surface area contributed by atoms with Gasteiger partial charge in [0.15, 0.2) is 0 Å². The van der Waals surface area contributed by atoms with Crippen LogP contribution in [0.2, 0.25) is 5.02 Å². The predicted octanol–water partition coefficient (Wildman–Crippen LogP) is 6.99. The first kappa shape index (κ1) is 21.6. The number of benzene rings is 1. The number of rotatable bonds is 10. The van der Waals surface area contributed by atoms with E-state index in [2.05, 4.69) is 24.4 Å². The van der Waals surface area contributed by atoms with Gasteiger partial charge in [-0.1, -0.05) is 55.4 Å². The highest BCUT2D eigenvalue weighted by Gasteiger charge is 2.33. The molecule has 162 valence electrons. The highest BCUT2D eigenvalue weighted by molar-refractivity contribution is 6.31. The van der Waals surface area contributed by atoms with E-state index < -0.39 is 0 Å².